The standard InChI is InChI=1S/C24H40N2O24S4/c1-13(27)25-16(12-45-52(32,33)34)17(6-9-44-51(29,30)31)47-23-20(50-54(38,39)40)10-15(11-43-23)46-24-21(26-14(2)28)18(5-8-42-24)48-22-19(4-3-7-41-22)49-53(35,36)37/h3,7,15-24H,4-6,8-12H2,1-2H3,(H,25,27)(H,26,28)(H,29,30,31)(H,32,33,34)(H,35,36,37)(H,38,39,40). The first-order valence-corrected chi connectivity index (χ1v) is 20.9. The lowest BCUT2D eigenvalue weighted by Gasteiger charge is -2.43. The van der Waals surface area contributed by atoms with Crippen LogP contribution in [0.15, 0.2) is 12.3 Å². The predicted octanol–water partition coefficient (Wildman–Crippen LogP) is -2.69. The summed E-state index contributed by atoms with van der Waals surface area (Å²) in [4.78, 5) is 24.1. The average Bonchev–Trinajstić information content (AvgIpc) is 2.99. The van der Waals surface area contributed by atoms with Crippen molar-refractivity contribution in [2.45, 2.75) is 101 Å². The lowest BCUT2D eigenvalue weighted by Crippen LogP contribution is -2.59. The first kappa shape index (κ1) is 46.1. The molecule has 30 heteroatoms. The molecular weight excluding hydrogens is 829 g/mol. The maximum atomic E-state index is 12.2. The van der Waals surface area contributed by atoms with E-state index >= 15 is 0 Å². The number of hydrogen-bond acceptors (Lipinski definition) is 20. The largest absolute Gasteiger partial charge is 0.470 e. The topological polar surface area (TPSA) is 368 Å². The average molecular weight is 869 g/mol. The molecule has 314 valence electrons. The van der Waals surface area contributed by atoms with E-state index in [0.29, 0.717) is 0 Å². The quantitative estimate of drug-likeness (QED) is 0.0678. The lowest BCUT2D eigenvalue weighted by molar-refractivity contribution is -0.295. The monoisotopic (exact) mass is 868 g/mol. The van der Waals surface area contributed by atoms with E-state index in [1.165, 1.54) is 12.3 Å². The molecule has 3 heterocycles. The van der Waals surface area contributed by atoms with Gasteiger partial charge in [-0.25, -0.2) is 16.7 Å². The van der Waals surface area contributed by atoms with E-state index in [4.69, 9.17) is 41.7 Å². The van der Waals surface area contributed by atoms with Gasteiger partial charge in [-0.3, -0.25) is 27.8 Å². The van der Waals surface area contributed by atoms with Crippen molar-refractivity contribution in [2.75, 3.05) is 26.4 Å². The zero-order valence-electron chi connectivity index (χ0n) is 28.2. The van der Waals surface area contributed by atoms with Crippen molar-refractivity contribution in [3.8, 4) is 0 Å². The maximum Gasteiger partial charge on any atom is 0.397 e. The molecule has 0 spiro atoms. The summed E-state index contributed by atoms with van der Waals surface area (Å²) in [6.45, 7) is -0.319. The van der Waals surface area contributed by atoms with Gasteiger partial charge in [-0.05, 0) is 12.5 Å². The summed E-state index contributed by atoms with van der Waals surface area (Å²) in [7, 11) is -20.3. The molecule has 10 unspecified atom stereocenters. The van der Waals surface area contributed by atoms with Crippen LogP contribution in [0.1, 0.15) is 39.5 Å². The van der Waals surface area contributed by atoms with E-state index in [2.05, 4.69) is 23.2 Å². The van der Waals surface area contributed by atoms with Crippen molar-refractivity contribution < 1.29 is 107 Å². The number of carbonyl (C=O) groups is 2. The number of amides is 2. The van der Waals surface area contributed by atoms with E-state index in [1.807, 2.05) is 0 Å². The van der Waals surface area contributed by atoms with E-state index < -0.39 is 148 Å². The molecule has 0 aromatic carbocycles. The second kappa shape index (κ2) is 19.8. The van der Waals surface area contributed by atoms with Gasteiger partial charge in [0, 0.05) is 33.1 Å². The highest BCUT2D eigenvalue weighted by atomic mass is 32.3. The summed E-state index contributed by atoms with van der Waals surface area (Å²) < 4.78 is 180. The number of ether oxygens (including phenoxy) is 6. The molecule has 0 saturated carbocycles. The number of rotatable bonds is 20. The number of nitrogens with one attached hydrogen (secondary N) is 2. The Kier molecular flexibility index (Phi) is 16.9. The fourth-order valence-corrected chi connectivity index (χ4v) is 6.94. The van der Waals surface area contributed by atoms with Crippen LogP contribution < -0.4 is 10.6 Å². The van der Waals surface area contributed by atoms with Crippen molar-refractivity contribution in [2.24, 2.45) is 0 Å². The molecule has 10 atom stereocenters. The van der Waals surface area contributed by atoms with Gasteiger partial charge in [-0.15, -0.1) is 0 Å². The molecule has 0 aliphatic carbocycles. The Morgan fingerprint density at radius 1 is 0.796 bits per heavy atom. The van der Waals surface area contributed by atoms with Gasteiger partial charge in [-0.1, -0.05) is 0 Å². The molecule has 2 amide bonds. The van der Waals surface area contributed by atoms with Crippen LogP contribution in [0.3, 0.4) is 0 Å². The van der Waals surface area contributed by atoms with Crippen molar-refractivity contribution in [3.05, 3.63) is 12.3 Å². The molecule has 54 heavy (non-hydrogen) atoms. The normalized spacial score (nSPS) is 29.4. The Labute approximate surface area is 309 Å². The van der Waals surface area contributed by atoms with Crippen LogP contribution in [0.4, 0.5) is 0 Å². The van der Waals surface area contributed by atoms with E-state index in [9.17, 15) is 52.4 Å². The molecule has 6 N–H and O–H groups in total. The van der Waals surface area contributed by atoms with Crippen molar-refractivity contribution in [1.29, 1.82) is 0 Å². The van der Waals surface area contributed by atoms with Gasteiger partial charge in [0.1, 0.15) is 18.2 Å². The first-order chi connectivity index (χ1) is 24.9. The fraction of sp³-hybridized carbons (Fsp3) is 0.833. The molecule has 0 aromatic heterocycles. The van der Waals surface area contributed by atoms with Crippen LogP contribution in [0, 0.1) is 0 Å². The molecule has 2 saturated heterocycles. The fourth-order valence-electron chi connectivity index (χ4n) is 5.35. The Balaban J connectivity index is 1.82. The summed E-state index contributed by atoms with van der Waals surface area (Å²) in [5.74, 6) is -1.41. The van der Waals surface area contributed by atoms with Crippen LogP contribution in [-0.2, 0) is 96.3 Å². The molecule has 3 aliphatic rings. The van der Waals surface area contributed by atoms with E-state index in [-0.39, 0.29) is 19.4 Å². The minimum Gasteiger partial charge on any atom is -0.470 e. The third kappa shape index (κ3) is 17.3. The summed E-state index contributed by atoms with van der Waals surface area (Å²) >= 11 is 0. The zero-order chi connectivity index (χ0) is 40.5. The second-order valence-corrected chi connectivity index (χ2v) is 15.9. The Morgan fingerprint density at radius 2 is 1.44 bits per heavy atom. The van der Waals surface area contributed by atoms with Crippen molar-refractivity contribution >= 4 is 53.4 Å². The molecule has 3 aliphatic heterocycles. The molecular formula is C24H40N2O24S4. The Morgan fingerprint density at radius 3 is 2.04 bits per heavy atom. The van der Waals surface area contributed by atoms with Crippen LogP contribution >= 0.6 is 0 Å². The third-order valence-electron chi connectivity index (χ3n) is 7.28. The number of carbonyl (C=O) groups excluding carboxylic acids is 2. The molecule has 2 fully saturated rings. The zero-order valence-corrected chi connectivity index (χ0v) is 31.4. The van der Waals surface area contributed by atoms with Crippen LogP contribution in [0.5, 0.6) is 0 Å². The molecule has 0 radical (unpaired) electrons. The second-order valence-electron chi connectivity index (χ2n) is 11.6. The molecule has 3 rings (SSSR count). The summed E-state index contributed by atoms with van der Waals surface area (Å²) in [5.41, 5.74) is 0. The predicted molar refractivity (Wildman–Crippen MR) is 170 cm³/mol. The lowest BCUT2D eigenvalue weighted by atomic mass is 10.0. The van der Waals surface area contributed by atoms with Crippen LogP contribution in [-0.4, -0.2) is 152 Å². The highest BCUT2D eigenvalue weighted by Gasteiger charge is 2.45. The Hall–Kier alpha value is -2.24. The first-order valence-electron chi connectivity index (χ1n) is 15.5. The minimum absolute atomic E-state index is 0.0518. The molecule has 0 bridgehead atoms. The SMILES string of the molecule is CC(=O)NC(COS(=O)(=O)O)C(CCOS(=O)(=O)O)OC1OCC(OC2OCCC(OC3OC=CCC3OS(=O)(=O)O)C2NC(C)=O)CC1OS(=O)(=O)O. The highest BCUT2D eigenvalue weighted by Crippen LogP contribution is 2.30. The molecule has 0 aromatic rings. The van der Waals surface area contributed by atoms with Gasteiger partial charge in [0.2, 0.25) is 18.1 Å². The molecule has 26 nitrogen and oxygen atoms in total. The summed E-state index contributed by atoms with van der Waals surface area (Å²) in [6.07, 6.45) is -10.0. The maximum absolute atomic E-state index is 12.2. The highest BCUT2D eigenvalue weighted by molar-refractivity contribution is 7.81. The number of hydrogen-bond donors (Lipinski definition) is 6. The van der Waals surface area contributed by atoms with Gasteiger partial charge in [0.05, 0.1) is 57.0 Å². The summed E-state index contributed by atoms with van der Waals surface area (Å²) in [6, 6.07) is -2.71. The van der Waals surface area contributed by atoms with E-state index in [0.717, 1.165) is 13.8 Å². The smallest absolute Gasteiger partial charge is 0.397 e. The summed E-state index contributed by atoms with van der Waals surface area (Å²) in [5, 5.41) is 4.82. The van der Waals surface area contributed by atoms with Gasteiger partial charge in [-0.2, -0.15) is 33.7 Å². The van der Waals surface area contributed by atoms with Crippen molar-refractivity contribution in [1.82, 2.24) is 10.6 Å². The van der Waals surface area contributed by atoms with Crippen LogP contribution in [0.25, 0.3) is 0 Å². The third-order valence-corrected chi connectivity index (χ3v) is 9.16. The Bertz CT molecular complexity index is 1740. The van der Waals surface area contributed by atoms with E-state index in [1.54, 1.807) is 0 Å². The minimum atomic E-state index is -5.28. The van der Waals surface area contributed by atoms with Gasteiger partial charge in [0.15, 0.2) is 12.6 Å². The van der Waals surface area contributed by atoms with Gasteiger partial charge >= 0.3 is 41.6 Å². The van der Waals surface area contributed by atoms with Crippen LogP contribution in [0.2, 0.25) is 0 Å². The van der Waals surface area contributed by atoms with Crippen molar-refractivity contribution in [3.63, 3.8) is 0 Å². The van der Waals surface area contributed by atoms with Gasteiger partial charge in [0.25, 0.3) is 0 Å². The van der Waals surface area contributed by atoms with Gasteiger partial charge < -0.3 is 39.1 Å².